The molecule has 8 heteroatoms. The number of phenolic OH excluding ortho intramolecular Hbond substituents is 1. The number of fused-ring (bicyclic) bond motifs is 1. The first-order valence-corrected chi connectivity index (χ1v) is 10.9. The van der Waals surface area contributed by atoms with Crippen molar-refractivity contribution in [3.05, 3.63) is 61.0 Å². The van der Waals surface area contributed by atoms with Crippen LogP contribution in [0.4, 0.5) is 0 Å². The summed E-state index contributed by atoms with van der Waals surface area (Å²) in [5, 5.41) is 15.0. The minimum atomic E-state index is -0.221. The number of phenols is 1. The van der Waals surface area contributed by atoms with Gasteiger partial charge in [-0.3, -0.25) is 4.79 Å². The molecule has 0 bridgehead atoms. The fourth-order valence-corrected chi connectivity index (χ4v) is 3.69. The van der Waals surface area contributed by atoms with Gasteiger partial charge in [0, 0.05) is 10.9 Å². The van der Waals surface area contributed by atoms with E-state index in [2.05, 4.69) is 48.9 Å². The Morgan fingerprint density at radius 1 is 1.24 bits per heavy atom. The van der Waals surface area contributed by atoms with Crippen LogP contribution in [0.25, 0.3) is 10.9 Å². The van der Waals surface area contributed by atoms with Crippen molar-refractivity contribution in [3.63, 3.8) is 0 Å². The van der Waals surface area contributed by atoms with Gasteiger partial charge in [-0.15, -0.1) is 0 Å². The van der Waals surface area contributed by atoms with Gasteiger partial charge in [-0.2, -0.15) is 9.78 Å². The highest BCUT2D eigenvalue weighted by atomic mass is 79.9. The fraction of sp³-hybridized carbons (Fsp3) is 0.286. The molecular weight excluding hydrogens is 502 g/mol. The molecule has 6 nitrogen and oxygen atoms in total. The molecule has 3 aromatic rings. The molecule has 0 saturated carbocycles. The van der Waals surface area contributed by atoms with Crippen molar-refractivity contribution in [3.8, 4) is 11.5 Å². The summed E-state index contributed by atoms with van der Waals surface area (Å²) in [5.41, 5.74) is 1.11. The third kappa shape index (κ3) is 4.87. The van der Waals surface area contributed by atoms with E-state index in [1.54, 1.807) is 24.4 Å². The second-order valence-electron chi connectivity index (χ2n) is 6.44. The Morgan fingerprint density at radius 3 is 2.76 bits per heavy atom. The second kappa shape index (κ2) is 9.54. The van der Waals surface area contributed by atoms with Crippen molar-refractivity contribution in [2.75, 3.05) is 6.61 Å². The monoisotopic (exact) mass is 521 g/mol. The third-order valence-corrected chi connectivity index (χ3v) is 5.40. The van der Waals surface area contributed by atoms with Gasteiger partial charge < -0.3 is 9.84 Å². The van der Waals surface area contributed by atoms with E-state index in [1.807, 2.05) is 19.1 Å². The molecule has 0 unspecified atom stereocenters. The van der Waals surface area contributed by atoms with Gasteiger partial charge in [0.05, 0.1) is 28.2 Å². The minimum Gasteiger partial charge on any atom is -0.503 e. The van der Waals surface area contributed by atoms with Gasteiger partial charge in [0.15, 0.2) is 11.5 Å². The van der Waals surface area contributed by atoms with E-state index in [-0.39, 0.29) is 11.3 Å². The lowest BCUT2D eigenvalue weighted by Crippen LogP contribution is -2.22. The maximum atomic E-state index is 13.1. The molecular formula is C21H21Br2N3O3. The molecule has 1 aromatic heterocycles. The van der Waals surface area contributed by atoms with Gasteiger partial charge in [-0.05, 0) is 65.2 Å². The molecule has 0 aliphatic heterocycles. The number of rotatable bonds is 7. The molecule has 0 radical (unpaired) electrons. The predicted molar refractivity (Wildman–Crippen MR) is 122 cm³/mol. The Bertz CT molecular complexity index is 1130. The predicted octanol–water partition coefficient (Wildman–Crippen LogP) is 5.25. The smallest absolute Gasteiger partial charge is 0.282 e. The Morgan fingerprint density at radius 2 is 2.03 bits per heavy atom. The van der Waals surface area contributed by atoms with Crippen LogP contribution in [0.5, 0.6) is 11.5 Å². The summed E-state index contributed by atoms with van der Waals surface area (Å²) in [5.74, 6) is 0.996. The average molecular weight is 523 g/mol. The molecule has 0 amide bonds. The van der Waals surface area contributed by atoms with Gasteiger partial charge in [-0.1, -0.05) is 29.3 Å². The lowest BCUT2D eigenvalue weighted by Gasteiger charge is -2.10. The first-order chi connectivity index (χ1) is 13.9. The van der Waals surface area contributed by atoms with Gasteiger partial charge in [-0.25, -0.2) is 4.98 Å². The summed E-state index contributed by atoms with van der Waals surface area (Å²) in [6, 6.07) is 8.84. The van der Waals surface area contributed by atoms with Gasteiger partial charge in [0.1, 0.15) is 5.82 Å². The molecule has 3 rings (SSSR count). The molecule has 0 saturated heterocycles. The van der Waals surface area contributed by atoms with Gasteiger partial charge in [0.2, 0.25) is 0 Å². The van der Waals surface area contributed by atoms with E-state index in [9.17, 15) is 9.90 Å². The normalized spacial score (nSPS) is 11.4. The lowest BCUT2D eigenvalue weighted by atomic mass is 10.2. The van der Waals surface area contributed by atoms with E-state index in [0.717, 1.165) is 17.3 Å². The number of aromatic hydroxyl groups is 1. The molecule has 0 spiro atoms. The highest BCUT2D eigenvalue weighted by Crippen LogP contribution is 2.35. The fourth-order valence-electron chi connectivity index (χ4n) is 2.87. The second-order valence-corrected chi connectivity index (χ2v) is 8.21. The SMILES string of the molecule is CCCCc1nc2ccc(Br)cc2c(=O)n1N=Cc1cc(Br)c(O)c(OCC)c1. The van der Waals surface area contributed by atoms with Crippen LogP contribution in [0.1, 0.15) is 38.1 Å². The molecule has 1 heterocycles. The summed E-state index contributed by atoms with van der Waals surface area (Å²) in [4.78, 5) is 17.8. The molecule has 0 atom stereocenters. The molecule has 2 aromatic carbocycles. The Balaban J connectivity index is 2.11. The lowest BCUT2D eigenvalue weighted by molar-refractivity contribution is 0.317. The Hall–Kier alpha value is -2.19. The molecule has 0 fully saturated rings. The van der Waals surface area contributed by atoms with Crippen molar-refractivity contribution in [1.29, 1.82) is 0 Å². The number of nitrogens with zero attached hydrogens (tertiary/aromatic N) is 3. The summed E-state index contributed by atoms with van der Waals surface area (Å²) >= 11 is 6.73. The van der Waals surface area contributed by atoms with Crippen LogP contribution in [0.2, 0.25) is 0 Å². The largest absolute Gasteiger partial charge is 0.503 e. The van der Waals surface area contributed by atoms with Gasteiger partial charge in [0.25, 0.3) is 5.56 Å². The minimum absolute atomic E-state index is 0.0297. The van der Waals surface area contributed by atoms with E-state index < -0.39 is 0 Å². The number of hydrogen-bond donors (Lipinski definition) is 1. The van der Waals surface area contributed by atoms with Crippen molar-refractivity contribution in [2.45, 2.75) is 33.1 Å². The maximum absolute atomic E-state index is 13.1. The number of benzene rings is 2. The number of aryl methyl sites for hydroxylation is 1. The van der Waals surface area contributed by atoms with Crippen LogP contribution in [0.3, 0.4) is 0 Å². The van der Waals surface area contributed by atoms with Crippen molar-refractivity contribution < 1.29 is 9.84 Å². The number of aromatic nitrogens is 2. The van der Waals surface area contributed by atoms with E-state index >= 15 is 0 Å². The van der Waals surface area contributed by atoms with E-state index in [4.69, 9.17) is 4.74 Å². The zero-order valence-electron chi connectivity index (χ0n) is 16.2. The number of unbranched alkanes of at least 4 members (excludes halogenated alkanes) is 1. The molecule has 0 aliphatic carbocycles. The van der Waals surface area contributed by atoms with Crippen molar-refractivity contribution in [2.24, 2.45) is 5.10 Å². The zero-order valence-corrected chi connectivity index (χ0v) is 19.3. The summed E-state index contributed by atoms with van der Waals surface area (Å²) < 4.78 is 8.11. The quantitative estimate of drug-likeness (QED) is 0.430. The Kier molecular flexibility index (Phi) is 7.08. The first kappa shape index (κ1) is 21.5. The van der Waals surface area contributed by atoms with Crippen LogP contribution in [0, 0.1) is 0 Å². The van der Waals surface area contributed by atoms with Crippen molar-refractivity contribution in [1.82, 2.24) is 9.66 Å². The zero-order chi connectivity index (χ0) is 21.0. The van der Waals surface area contributed by atoms with E-state index in [1.165, 1.54) is 4.68 Å². The van der Waals surface area contributed by atoms with Crippen LogP contribution in [-0.4, -0.2) is 27.6 Å². The Labute approximate surface area is 185 Å². The number of ether oxygens (including phenoxy) is 1. The van der Waals surface area contributed by atoms with Crippen LogP contribution >= 0.6 is 31.9 Å². The average Bonchev–Trinajstić information content (AvgIpc) is 2.70. The molecule has 152 valence electrons. The maximum Gasteiger partial charge on any atom is 0.282 e. The summed E-state index contributed by atoms with van der Waals surface area (Å²) in [6.07, 6.45) is 4.11. The number of halogens is 2. The highest BCUT2D eigenvalue weighted by Gasteiger charge is 2.12. The standard InChI is InChI=1S/C21H21Br2N3O3/c1-3-5-6-19-25-17-8-7-14(22)11-15(17)21(28)26(19)24-12-13-9-16(23)20(27)18(10-13)29-4-2/h7-12,27H,3-6H2,1-2H3. The topological polar surface area (TPSA) is 76.7 Å². The van der Waals surface area contributed by atoms with Gasteiger partial charge >= 0.3 is 0 Å². The molecule has 29 heavy (non-hydrogen) atoms. The first-order valence-electron chi connectivity index (χ1n) is 9.35. The van der Waals surface area contributed by atoms with Crippen LogP contribution < -0.4 is 10.3 Å². The summed E-state index contributed by atoms with van der Waals surface area (Å²) in [7, 11) is 0. The van der Waals surface area contributed by atoms with E-state index in [0.29, 0.717) is 45.5 Å². The van der Waals surface area contributed by atoms with Crippen molar-refractivity contribution >= 4 is 49.0 Å². The highest BCUT2D eigenvalue weighted by molar-refractivity contribution is 9.10. The third-order valence-electron chi connectivity index (χ3n) is 4.30. The molecule has 1 N–H and O–H groups in total. The molecule has 0 aliphatic rings. The summed E-state index contributed by atoms with van der Waals surface area (Å²) in [6.45, 7) is 4.35. The van der Waals surface area contributed by atoms with Crippen LogP contribution in [0.15, 0.2) is 49.2 Å². The van der Waals surface area contributed by atoms with Crippen LogP contribution in [-0.2, 0) is 6.42 Å². The number of hydrogen-bond acceptors (Lipinski definition) is 5.